The molecule has 0 aliphatic rings. The number of nitrogens with zero attached hydrogens (tertiary/aromatic N) is 3. The summed E-state index contributed by atoms with van der Waals surface area (Å²) in [6.07, 6.45) is -4.12. The molecule has 2 aromatic rings. The number of alkyl halides is 3. The highest BCUT2D eigenvalue weighted by atomic mass is 35.5. The smallest absolute Gasteiger partial charge is 0.332 e. The second-order valence-electron chi connectivity index (χ2n) is 5.30. The first-order valence-corrected chi connectivity index (χ1v) is 8.52. The highest BCUT2D eigenvalue weighted by molar-refractivity contribution is 7.08. The highest BCUT2D eigenvalue weighted by Gasteiger charge is 2.33. The van der Waals surface area contributed by atoms with Gasteiger partial charge in [-0.1, -0.05) is 23.0 Å². The third-order valence-corrected chi connectivity index (χ3v) is 4.45. The van der Waals surface area contributed by atoms with Crippen molar-refractivity contribution in [3.05, 3.63) is 39.4 Å². The van der Waals surface area contributed by atoms with Gasteiger partial charge < -0.3 is 10.2 Å². The number of carbonyl (C=O) groups is 2. The number of hydrogen-bond donors (Lipinski definition) is 1. The molecular weight excluding hydrogens is 393 g/mol. The van der Waals surface area contributed by atoms with E-state index in [0.29, 0.717) is 17.0 Å². The van der Waals surface area contributed by atoms with Crippen LogP contribution in [0.2, 0.25) is 5.02 Å². The van der Waals surface area contributed by atoms with Crippen LogP contribution in [0.15, 0.2) is 18.2 Å². The minimum Gasteiger partial charge on any atom is -0.332 e. The lowest BCUT2D eigenvalue weighted by Crippen LogP contribution is -2.35. The Morgan fingerprint density at radius 3 is 2.65 bits per heavy atom. The number of anilines is 1. The Balaban J connectivity index is 2.06. The molecule has 1 aromatic carbocycles. The average molecular weight is 407 g/mol. The van der Waals surface area contributed by atoms with Crippen molar-refractivity contribution in [3.8, 4) is 0 Å². The molecule has 0 radical (unpaired) electrons. The van der Waals surface area contributed by atoms with Crippen LogP contribution < -0.4 is 5.32 Å². The molecule has 0 aliphatic carbocycles. The van der Waals surface area contributed by atoms with Crippen molar-refractivity contribution in [1.82, 2.24) is 14.5 Å². The van der Waals surface area contributed by atoms with E-state index in [0.717, 1.165) is 28.6 Å². The quantitative estimate of drug-likeness (QED) is 0.824. The fraction of sp³-hybridized carbons (Fsp3) is 0.333. The van der Waals surface area contributed by atoms with Crippen LogP contribution in [-0.2, 0) is 17.4 Å². The molecule has 0 atom stereocenters. The Morgan fingerprint density at radius 2 is 2.04 bits per heavy atom. The fourth-order valence-electron chi connectivity index (χ4n) is 2.08. The van der Waals surface area contributed by atoms with E-state index in [2.05, 4.69) is 14.9 Å². The molecule has 0 unspecified atom stereocenters. The lowest BCUT2D eigenvalue weighted by atomic mass is 10.2. The molecular formula is C15H14ClF3N4O2S. The van der Waals surface area contributed by atoms with Crippen LogP contribution in [0.1, 0.15) is 27.9 Å². The molecule has 1 N–H and O–H groups in total. The molecule has 26 heavy (non-hydrogen) atoms. The monoisotopic (exact) mass is 406 g/mol. The van der Waals surface area contributed by atoms with Crippen molar-refractivity contribution in [2.24, 2.45) is 0 Å². The van der Waals surface area contributed by atoms with Gasteiger partial charge in [-0.05, 0) is 36.2 Å². The van der Waals surface area contributed by atoms with Gasteiger partial charge in [0.15, 0.2) is 0 Å². The number of hydrogen-bond acceptors (Lipinski definition) is 5. The first-order chi connectivity index (χ1) is 12.1. The number of halogens is 4. The summed E-state index contributed by atoms with van der Waals surface area (Å²) in [6, 6.07) is 3.04. The Morgan fingerprint density at radius 1 is 1.35 bits per heavy atom. The zero-order chi connectivity index (χ0) is 19.5. The third kappa shape index (κ3) is 4.70. The summed E-state index contributed by atoms with van der Waals surface area (Å²) in [5, 5.41) is 5.68. The first-order valence-electron chi connectivity index (χ1n) is 7.36. The summed E-state index contributed by atoms with van der Waals surface area (Å²) < 4.78 is 42.3. The number of aryl methyl sites for hydroxylation is 1. The lowest BCUT2D eigenvalue weighted by molar-refractivity contribution is -0.137. The van der Waals surface area contributed by atoms with Crippen LogP contribution in [0.25, 0.3) is 0 Å². The molecule has 0 spiro atoms. The van der Waals surface area contributed by atoms with E-state index >= 15 is 0 Å². The number of carbonyl (C=O) groups excluding carboxylic acids is 2. The summed E-state index contributed by atoms with van der Waals surface area (Å²) >= 11 is 6.46. The van der Waals surface area contributed by atoms with E-state index in [9.17, 15) is 22.8 Å². The van der Waals surface area contributed by atoms with E-state index in [1.807, 2.05) is 6.92 Å². The number of nitrogens with one attached hydrogen (secondary N) is 1. The molecule has 0 fully saturated rings. The molecule has 0 saturated carbocycles. The van der Waals surface area contributed by atoms with Crippen molar-refractivity contribution in [1.29, 1.82) is 0 Å². The van der Waals surface area contributed by atoms with Crippen LogP contribution in [0.3, 0.4) is 0 Å². The molecule has 2 rings (SSSR count). The zero-order valence-corrected chi connectivity index (χ0v) is 15.3. The average Bonchev–Trinajstić information content (AvgIpc) is 3.03. The highest BCUT2D eigenvalue weighted by Crippen LogP contribution is 2.36. The van der Waals surface area contributed by atoms with Crippen molar-refractivity contribution in [2.75, 3.05) is 18.9 Å². The largest absolute Gasteiger partial charge is 0.417 e. The summed E-state index contributed by atoms with van der Waals surface area (Å²) in [7, 11) is 1.41. The van der Waals surface area contributed by atoms with Crippen LogP contribution in [0.4, 0.5) is 18.9 Å². The second-order valence-corrected chi connectivity index (χ2v) is 6.47. The van der Waals surface area contributed by atoms with Crippen molar-refractivity contribution >= 4 is 40.6 Å². The lowest BCUT2D eigenvalue weighted by Gasteiger charge is -2.17. The maximum Gasteiger partial charge on any atom is 0.417 e. The Bertz CT molecular complexity index is 825. The van der Waals surface area contributed by atoms with Gasteiger partial charge in [-0.25, -0.2) is 0 Å². The molecule has 0 saturated heterocycles. The Hall–Kier alpha value is -2.20. The number of benzene rings is 1. The fourth-order valence-corrected chi connectivity index (χ4v) is 3.05. The van der Waals surface area contributed by atoms with Gasteiger partial charge >= 0.3 is 6.18 Å². The predicted octanol–water partition coefficient (Wildman–Crippen LogP) is 3.48. The Labute approximate surface area is 156 Å². The van der Waals surface area contributed by atoms with E-state index < -0.39 is 28.6 Å². The normalized spacial score (nSPS) is 11.3. The van der Waals surface area contributed by atoms with Gasteiger partial charge in [0.25, 0.3) is 5.91 Å². The van der Waals surface area contributed by atoms with E-state index in [4.69, 9.17) is 11.6 Å². The molecule has 0 aliphatic heterocycles. The molecule has 140 valence electrons. The zero-order valence-electron chi connectivity index (χ0n) is 13.7. The molecule has 0 bridgehead atoms. The van der Waals surface area contributed by atoms with Gasteiger partial charge in [0.1, 0.15) is 4.88 Å². The van der Waals surface area contributed by atoms with E-state index in [1.165, 1.54) is 13.1 Å². The van der Waals surface area contributed by atoms with Gasteiger partial charge in [-0.2, -0.15) is 13.2 Å². The van der Waals surface area contributed by atoms with Gasteiger partial charge in [0.2, 0.25) is 5.91 Å². The number of amides is 2. The van der Waals surface area contributed by atoms with Crippen molar-refractivity contribution in [3.63, 3.8) is 0 Å². The topological polar surface area (TPSA) is 75.2 Å². The van der Waals surface area contributed by atoms with Crippen LogP contribution in [-0.4, -0.2) is 39.9 Å². The number of likely N-dealkylation sites (N-methyl/N-ethyl adjacent to an activating group) is 1. The molecule has 6 nitrogen and oxygen atoms in total. The molecule has 1 heterocycles. The number of aromatic nitrogens is 2. The second kappa shape index (κ2) is 8.00. The molecule has 11 heteroatoms. The van der Waals surface area contributed by atoms with Crippen LogP contribution in [0.5, 0.6) is 0 Å². The summed E-state index contributed by atoms with van der Waals surface area (Å²) in [4.78, 5) is 25.8. The van der Waals surface area contributed by atoms with E-state index in [1.54, 1.807) is 0 Å². The van der Waals surface area contributed by atoms with Crippen LogP contribution in [0, 0.1) is 0 Å². The van der Waals surface area contributed by atoms with E-state index in [-0.39, 0.29) is 12.2 Å². The van der Waals surface area contributed by atoms with Crippen LogP contribution >= 0.6 is 23.1 Å². The molecule has 1 aromatic heterocycles. The number of rotatable bonds is 5. The van der Waals surface area contributed by atoms with Crippen molar-refractivity contribution < 1.29 is 22.8 Å². The summed E-state index contributed by atoms with van der Waals surface area (Å²) in [6.45, 7) is 1.48. The summed E-state index contributed by atoms with van der Waals surface area (Å²) in [5.41, 5.74) is -0.592. The minimum atomic E-state index is -4.64. The minimum absolute atomic E-state index is 0.0683. The Kier molecular flexibility index (Phi) is 6.19. The summed E-state index contributed by atoms with van der Waals surface area (Å²) in [5.74, 6) is -1.08. The molecule has 2 amide bonds. The van der Waals surface area contributed by atoms with Gasteiger partial charge in [-0.15, -0.1) is 5.10 Å². The van der Waals surface area contributed by atoms with Gasteiger partial charge in [0.05, 0.1) is 22.8 Å². The third-order valence-electron chi connectivity index (χ3n) is 3.37. The predicted molar refractivity (Wildman–Crippen MR) is 91.3 cm³/mol. The maximum atomic E-state index is 12.8. The van der Waals surface area contributed by atoms with Gasteiger partial charge in [0, 0.05) is 12.7 Å². The van der Waals surface area contributed by atoms with Crippen molar-refractivity contribution in [2.45, 2.75) is 19.5 Å². The standard InChI is InChI=1S/C15H14ClF3N4O2S/c1-3-11-13(26-22-21-11)14(25)23(2)7-12(24)20-8-4-5-10(16)9(6-8)15(17,18)19/h4-6H,3,7H2,1-2H3,(H,20,24). The first kappa shape index (κ1) is 20.1. The van der Waals surface area contributed by atoms with Gasteiger partial charge in [-0.3, -0.25) is 9.59 Å². The SMILES string of the molecule is CCc1nnsc1C(=O)N(C)CC(=O)Nc1ccc(Cl)c(C(F)(F)F)c1. The maximum absolute atomic E-state index is 12.8.